The van der Waals surface area contributed by atoms with E-state index in [2.05, 4.69) is 5.32 Å². The molecule has 0 saturated carbocycles. The maximum absolute atomic E-state index is 13.2. The van der Waals surface area contributed by atoms with Crippen molar-refractivity contribution in [3.63, 3.8) is 0 Å². The summed E-state index contributed by atoms with van der Waals surface area (Å²) < 4.78 is 18.0. The smallest absolute Gasteiger partial charge is 0.322 e. The maximum Gasteiger partial charge on any atom is 0.322 e. The number of hydrogen-bond donors (Lipinski definition) is 1. The highest BCUT2D eigenvalue weighted by Gasteiger charge is 2.20. The van der Waals surface area contributed by atoms with Gasteiger partial charge in [0.1, 0.15) is 5.82 Å². The Balaban J connectivity index is 2.69. The van der Waals surface area contributed by atoms with Gasteiger partial charge >= 0.3 is 12.0 Å². The zero-order valence-electron chi connectivity index (χ0n) is 13.3. The Hall–Kier alpha value is -2.11. The summed E-state index contributed by atoms with van der Waals surface area (Å²) >= 11 is 0. The molecule has 0 fully saturated rings. The van der Waals surface area contributed by atoms with Gasteiger partial charge in [0.15, 0.2) is 0 Å². The molecule has 0 aliphatic heterocycles. The molecular weight excluding hydrogens is 287 g/mol. The van der Waals surface area contributed by atoms with Crippen molar-refractivity contribution in [2.75, 3.05) is 18.5 Å². The zero-order chi connectivity index (χ0) is 16.5. The van der Waals surface area contributed by atoms with E-state index < -0.39 is 5.82 Å². The predicted octanol–water partition coefficient (Wildman–Crippen LogP) is 3.41. The van der Waals surface area contributed by atoms with Crippen molar-refractivity contribution in [1.82, 2.24) is 4.90 Å². The van der Waals surface area contributed by atoms with E-state index in [0.29, 0.717) is 12.3 Å². The highest BCUT2D eigenvalue weighted by atomic mass is 19.1. The van der Waals surface area contributed by atoms with Crippen LogP contribution >= 0.6 is 0 Å². The lowest BCUT2D eigenvalue weighted by Crippen LogP contribution is -2.42. The zero-order valence-corrected chi connectivity index (χ0v) is 13.3. The number of ether oxygens (including phenoxy) is 1. The Morgan fingerprint density at radius 2 is 2.09 bits per heavy atom. The van der Waals surface area contributed by atoms with Gasteiger partial charge in [-0.3, -0.25) is 4.79 Å². The normalized spacial score (nSPS) is 11.6. The summed E-state index contributed by atoms with van der Waals surface area (Å²) in [7, 11) is 0. The molecule has 0 radical (unpaired) electrons. The molecule has 1 aromatic rings. The Bertz CT molecular complexity index is 508. The third-order valence-electron chi connectivity index (χ3n) is 3.32. The van der Waals surface area contributed by atoms with Crippen LogP contribution in [0.15, 0.2) is 24.3 Å². The third-order valence-corrected chi connectivity index (χ3v) is 3.32. The van der Waals surface area contributed by atoms with Crippen molar-refractivity contribution < 1.29 is 18.7 Å². The second-order valence-electron chi connectivity index (χ2n) is 4.95. The number of rotatable bonds is 7. The first-order valence-corrected chi connectivity index (χ1v) is 7.46. The van der Waals surface area contributed by atoms with E-state index in [1.54, 1.807) is 17.9 Å². The molecule has 1 unspecified atom stereocenters. The van der Waals surface area contributed by atoms with Crippen LogP contribution in [0.4, 0.5) is 14.9 Å². The molecular formula is C16H23FN2O3. The fourth-order valence-corrected chi connectivity index (χ4v) is 1.95. The molecule has 1 aromatic carbocycles. The second-order valence-corrected chi connectivity index (χ2v) is 4.95. The van der Waals surface area contributed by atoms with Crippen LogP contribution in [0.5, 0.6) is 0 Å². The predicted molar refractivity (Wildman–Crippen MR) is 83.1 cm³/mol. The van der Waals surface area contributed by atoms with Gasteiger partial charge < -0.3 is 15.0 Å². The van der Waals surface area contributed by atoms with Gasteiger partial charge in [0, 0.05) is 18.3 Å². The van der Waals surface area contributed by atoms with Crippen LogP contribution in [0, 0.1) is 5.82 Å². The minimum atomic E-state index is -0.417. The molecule has 122 valence electrons. The number of anilines is 1. The summed E-state index contributed by atoms with van der Waals surface area (Å²) in [6, 6.07) is 5.30. The van der Waals surface area contributed by atoms with Crippen LogP contribution in [-0.2, 0) is 9.53 Å². The Morgan fingerprint density at radius 3 is 2.68 bits per heavy atom. The fourth-order valence-electron chi connectivity index (χ4n) is 1.95. The number of nitrogens with one attached hydrogen (secondary N) is 1. The average Bonchev–Trinajstić information content (AvgIpc) is 2.47. The van der Waals surface area contributed by atoms with Crippen molar-refractivity contribution in [2.45, 2.75) is 39.7 Å². The lowest BCUT2D eigenvalue weighted by atomic mass is 10.2. The molecule has 0 bridgehead atoms. The first-order valence-electron chi connectivity index (χ1n) is 7.46. The topological polar surface area (TPSA) is 58.6 Å². The van der Waals surface area contributed by atoms with Crippen molar-refractivity contribution in [2.24, 2.45) is 0 Å². The van der Waals surface area contributed by atoms with Crippen LogP contribution < -0.4 is 5.32 Å². The number of hydrogen-bond acceptors (Lipinski definition) is 3. The largest absolute Gasteiger partial charge is 0.466 e. The van der Waals surface area contributed by atoms with Gasteiger partial charge in [-0.15, -0.1) is 0 Å². The SMILES string of the molecule is CCOC(=O)CCN(C(=O)Nc1cccc(F)c1)C(C)CC. The third kappa shape index (κ3) is 5.71. The molecule has 0 spiro atoms. The lowest BCUT2D eigenvalue weighted by molar-refractivity contribution is -0.143. The molecule has 22 heavy (non-hydrogen) atoms. The molecule has 2 amide bonds. The number of amides is 2. The Labute approximate surface area is 130 Å². The van der Waals surface area contributed by atoms with Gasteiger partial charge in [0.25, 0.3) is 0 Å². The molecule has 6 heteroatoms. The van der Waals surface area contributed by atoms with E-state index in [1.165, 1.54) is 18.2 Å². The minimum Gasteiger partial charge on any atom is -0.466 e. The van der Waals surface area contributed by atoms with Crippen molar-refractivity contribution in [3.8, 4) is 0 Å². The number of carbonyl (C=O) groups excluding carboxylic acids is 2. The molecule has 0 aromatic heterocycles. The van der Waals surface area contributed by atoms with Crippen LogP contribution in [0.3, 0.4) is 0 Å². The van der Waals surface area contributed by atoms with Crippen LogP contribution in [0.1, 0.15) is 33.6 Å². The van der Waals surface area contributed by atoms with Crippen molar-refractivity contribution in [1.29, 1.82) is 0 Å². The minimum absolute atomic E-state index is 0.0389. The number of nitrogens with zero attached hydrogens (tertiary/aromatic N) is 1. The molecule has 5 nitrogen and oxygen atoms in total. The summed E-state index contributed by atoms with van der Waals surface area (Å²) in [6.45, 7) is 6.17. The number of urea groups is 1. The highest BCUT2D eigenvalue weighted by molar-refractivity contribution is 5.89. The van der Waals surface area contributed by atoms with Gasteiger partial charge in [0.05, 0.1) is 13.0 Å². The van der Waals surface area contributed by atoms with E-state index in [1.807, 2.05) is 13.8 Å². The molecule has 0 aliphatic rings. The summed E-state index contributed by atoms with van der Waals surface area (Å²) in [5, 5.41) is 2.65. The molecule has 0 saturated heterocycles. The first-order chi connectivity index (χ1) is 10.5. The molecule has 1 N–H and O–H groups in total. The number of carbonyl (C=O) groups is 2. The quantitative estimate of drug-likeness (QED) is 0.785. The summed E-state index contributed by atoms with van der Waals surface area (Å²) in [5.41, 5.74) is 0.384. The van der Waals surface area contributed by atoms with E-state index >= 15 is 0 Å². The van der Waals surface area contributed by atoms with E-state index in [0.717, 1.165) is 6.42 Å². The summed E-state index contributed by atoms with van der Waals surface area (Å²) in [5.74, 6) is -0.756. The molecule has 1 atom stereocenters. The molecule has 1 rings (SSSR count). The monoisotopic (exact) mass is 310 g/mol. The van der Waals surface area contributed by atoms with Crippen LogP contribution in [0.2, 0.25) is 0 Å². The van der Waals surface area contributed by atoms with Gasteiger partial charge in [-0.05, 0) is 38.5 Å². The number of benzene rings is 1. The molecule has 0 aliphatic carbocycles. The van der Waals surface area contributed by atoms with Crippen molar-refractivity contribution in [3.05, 3.63) is 30.1 Å². The summed E-state index contributed by atoms with van der Waals surface area (Å²) in [4.78, 5) is 25.3. The lowest BCUT2D eigenvalue weighted by Gasteiger charge is -2.28. The van der Waals surface area contributed by atoms with Gasteiger partial charge in [-0.1, -0.05) is 13.0 Å². The Morgan fingerprint density at radius 1 is 1.36 bits per heavy atom. The number of esters is 1. The van der Waals surface area contributed by atoms with Gasteiger partial charge in [-0.25, -0.2) is 9.18 Å². The van der Waals surface area contributed by atoms with E-state index in [4.69, 9.17) is 4.74 Å². The van der Waals surface area contributed by atoms with Gasteiger partial charge in [-0.2, -0.15) is 0 Å². The molecule has 0 heterocycles. The number of halogens is 1. The van der Waals surface area contributed by atoms with Crippen LogP contribution in [0.25, 0.3) is 0 Å². The van der Waals surface area contributed by atoms with Gasteiger partial charge in [0.2, 0.25) is 0 Å². The summed E-state index contributed by atoms with van der Waals surface area (Å²) in [6.07, 6.45) is 0.883. The standard InChI is InChI=1S/C16H23FN2O3/c1-4-12(3)19(10-9-15(20)22-5-2)16(21)18-14-8-6-7-13(17)11-14/h6-8,11-12H,4-5,9-10H2,1-3H3,(H,18,21). The second kappa shape index (κ2) is 9.02. The van der Waals surface area contributed by atoms with Crippen LogP contribution in [-0.4, -0.2) is 36.1 Å². The first kappa shape index (κ1) is 17.9. The van der Waals surface area contributed by atoms with Crippen molar-refractivity contribution >= 4 is 17.7 Å². The average molecular weight is 310 g/mol. The maximum atomic E-state index is 13.2. The van der Waals surface area contributed by atoms with E-state index in [9.17, 15) is 14.0 Å². The Kier molecular flexibility index (Phi) is 7.36. The highest BCUT2D eigenvalue weighted by Crippen LogP contribution is 2.13. The fraction of sp³-hybridized carbons (Fsp3) is 0.500. The van der Waals surface area contributed by atoms with E-state index in [-0.39, 0.29) is 31.0 Å².